The summed E-state index contributed by atoms with van der Waals surface area (Å²) in [4.78, 5) is 22.1. The Morgan fingerprint density at radius 1 is 0.973 bits per heavy atom. The fraction of sp³-hybridized carbons (Fsp3) is 0.179. The average molecular weight is 573 g/mol. The van der Waals surface area contributed by atoms with Crippen LogP contribution in [0.3, 0.4) is 0 Å². The number of carbonyl (C=O) groups excluding carboxylic acids is 1. The Bertz CT molecular complexity index is 1510. The molecule has 1 atom stereocenters. The Kier molecular flexibility index (Phi) is 7.08. The molecule has 1 amide bonds. The lowest BCUT2D eigenvalue weighted by Gasteiger charge is -2.37. The molecule has 1 aliphatic rings. The first-order chi connectivity index (χ1) is 17.6. The van der Waals surface area contributed by atoms with Crippen molar-refractivity contribution in [3.8, 4) is 28.3 Å². The Hall–Kier alpha value is -2.83. The maximum absolute atomic E-state index is 13.2. The first kappa shape index (κ1) is 25.8. The highest BCUT2D eigenvalue weighted by molar-refractivity contribution is 6.36. The number of pyridine rings is 2. The van der Waals surface area contributed by atoms with Crippen molar-refractivity contribution >= 4 is 52.3 Å². The van der Waals surface area contributed by atoms with Crippen LogP contribution in [-0.2, 0) is 0 Å². The third-order valence-electron chi connectivity index (χ3n) is 6.11. The predicted octanol–water partition coefficient (Wildman–Crippen LogP) is 8.46. The van der Waals surface area contributed by atoms with Gasteiger partial charge >= 0.3 is 0 Å². The van der Waals surface area contributed by atoms with E-state index in [4.69, 9.17) is 56.1 Å². The molecule has 4 aromatic rings. The molecule has 188 valence electrons. The number of ether oxygens (including phenoxy) is 1. The van der Waals surface area contributed by atoms with Crippen molar-refractivity contribution in [1.29, 1.82) is 0 Å². The van der Waals surface area contributed by atoms with Gasteiger partial charge in [-0.1, -0.05) is 58.5 Å². The molecule has 3 heterocycles. The van der Waals surface area contributed by atoms with Gasteiger partial charge in [-0.15, -0.1) is 0 Å². The molecule has 1 N–H and O–H groups in total. The number of nitrogens with zero attached hydrogens (tertiary/aromatic N) is 2. The van der Waals surface area contributed by atoms with Gasteiger partial charge in [0.05, 0.1) is 22.3 Å². The molecule has 2 aromatic heterocycles. The van der Waals surface area contributed by atoms with Gasteiger partial charge in [0, 0.05) is 39.4 Å². The zero-order valence-electron chi connectivity index (χ0n) is 19.9. The number of nitrogens with one attached hydrogen (secondary N) is 1. The van der Waals surface area contributed by atoms with E-state index >= 15 is 0 Å². The van der Waals surface area contributed by atoms with Crippen molar-refractivity contribution in [2.45, 2.75) is 31.9 Å². The zero-order valence-corrected chi connectivity index (χ0v) is 22.9. The van der Waals surface area contributed by atoms with Crippen molar-refractivity contribution in [3.63, 3.8) is 0 Å². The monoisotopic (exact) mass is 571 g/mol. The molecular weight excluding hydrogens is 552 g/mol. The standard InChI is InChI=1S/C28H21Cl4N3O2/c1-28(2)14-23(34-26(36)19-4-3-11-33-25(19)32)21-13-20(15-5-7-16(29)8-6-15)24(35-27(21)37-28)18-10-9-17(30)12-22(18)31/h3-13,23H,14H2,1-2H3,(H,34,36)/t23-/m1/s1. The van der Waals surface area contributed by atoms with Crippen LogP contribution >= 0.6 is 46.4 Å². The van der Waals surface area contributed by atoms with Gasteiger partial charge < -0.3 is 10.1 Å². The van der Waals surface area contributed by atoms with Gasteiger partial charge in [0.25, 0.3) is 5.91 Å². The van der Waals surface area contributed by atoms with Gasteiger partial charge in [0.15, 0.2) is 0 Å². The Balaban J connectivity index is 1.67. The minimum atomic E-state index is -0.598. The average Bonchev–Trinajstić information content (AvgIpc) is 2.83. The fourth-order valence-electron chi connectivity index (χ4n) is 4.40. The van der Waals surface area contributed by atoms with E-state index in [-0.39, 0.29) is 11.1 Å². The molecule has 5 rings (SSSR count). The summed E-state index contributed by atoms with van der Waals surface area (Å²) in [6.45, 7) is 3.91. The largest absolute Gasteiger partial charge is 0.471 e. The molecule has 0 fully saturated rings. The van der Waals surface area contributed by atoms with Crippen LogP contribution < -0.4 is 10.1 Å². The molecule has 0 unspecified atom stereocenters. The number of amides is 1. The van der Waals surface area contributed by atoms with Gasteiger partial charge in [-0.2, -0.15) is 0 Å². The van der Waals surface area contributed by atoms with Crippen LogP contribution in [0.2, 0.25) is 20.2 Å². The van der Waals surface area contributed by atoms with E-state index < -0.39 is 11.6 Å². The maximum atomic E-state index is 13.2. The van der Waals surface area contributed by atoms with Crippen molar-refractivity contribution in [1.82, 2.24) is 15.3 Å². The van der Waals surface area contributed by atoms with Crippen LogP contribution in [0.1, 0.15) is 42.2 Å². The molecule has 0 bridgehead atoms. The van der Waals surface area contributed by atoms with Gasteiger partial charge in [-0.3, -0.25) is 4.79 Å². The second-order valence-corrected chi connectivity index (χ2v) is 11.0. The van der Waals surface area contributed by atoms with Crippen LogP contribution in [-0.4, -0.2) is 21.5 Å². The predicted molar refractivity (Wildman–Crippen MR) is 149 cm³/mol. The van der Waals surface area contributed by atoms with Crippen LogP contribution in [0.4, 0.5) is 0 Å². The summed E-state index contributed by atoms with van der Waals surface area (Å²) in [6, 6.07) is 17.6. The quantitative estimate of drug-likeness (QED) is 0.249. The molecule has 0 aliphatic carbocycles. The molecule has 9 heteroatoms. The summed E-state index contributed by atoms with van der Waals surface area (Å²) >= 11 is 25.1. The number of aromatic nitrogens is 2. The van der Waals surface area contributed by atoms with Gasteiger partial charge in [0.1, 0.15) is 10.8 Å². The lowest BCUT2D eigenvalue weighted by molar-refractivity contribution is 0.0572. The summed E-state index contributed by atoms with van der Waals surface area (Å²) in [5.74, 6) is 0.0854. The second-order valence-electron chi connectivity index (χ2n) is 9.34. The number of rotatable bonds is 4. The van der Waals surface area contributed by atoms with E-state index in [2.05, 4.69) is 10.3 Å². The van der Waals surface area contributed by atoms with E-state index in [9.17, 15) is 4.79 Å². The van der Waals surface area contributed by atoms with Crippen molar-refractivity contribution in [2.75, 3.05) is 0 Å². The zero-order chi connectivity index (χ0) is 26.3. The minimum Gasteiger partial charge on any atom is -0.471 e. The third-order valence-corrected chi connectivity index (χ3v) is 7.21. The third kappa shape index (κ3) is 5.41. The van der Waals surface area contributed by atoms with Crippen LogP contribution in [0, 0.1) is 0 Å². The number of benzene rings is 2. The summed E-state index contributed by atoms with van der Waals surface area (Å²) in [7, 11) is 0. The fourth-order valence-corrected chi connectivity index (χ4v) is 5.23. The molecule has 5 nitrogen and oxygen atoms in total. The first-order valence-corrected chi connectivity index (χ1v) is 13.0. The normalized spacial score (nSPS) is 16.0. The maximum Gasteiger partial charge on any atom is 0.254 e. The molecular formula is C28H21Cl4N3O2. The van der Waals surface area contributed by atoms with E-state index in [0.29, 0.717) is 44.2 Å². The minimum absolute atomic E-state index is 0.138. The smallest absolute Gasteiger partial charge is 0.254 e. The van der Waals surface area contributed by atoms with Crippen LogP contribution in [0.5, 0.6) is 5.88 Å². The number of halogens is 4. The number of hydrogen-bond acceptors (Lipinski definition) is 4. The van der Waals surface area contributed by atoms with Crippen molar-refractivity contribution in [3.05, 3.63) is 98.2 Å². The van der Waals surface area contributed by atoms with Crippen LogP contribution in [0.15, 0.2) is 66.9 Å². The van der Waals surface area contributed by atoms with Crippen molar-refractivity contribution in [2.24, 2.45) is 0 Å². The topological polar surface area (TPSA) is 64.1 Å². The molecule has 37 heavy (non-hydrogen) atoms. The van der Waals surface area contributed by atoms with E-state index in [1.165, 1.54) is 6.20 Å². The molecule has 0 saturated heterocycles. The lowest BCUT2D eigenvalue weighted by atomic mass is 9.88. The number of hydrogen-bond donors (Lipinski definition) is 1. The Morgan fingerprint density at radius 2 is 1.70 bits per heavy atom. The van der Waals surface area contributed by atoms with Crippen molar-refractivity contribution < 1.29 is 9.53 Å². The van der Waals surface area contributed by atoms with E-state index in [0.717, 1.165) is 16.7 Å². The summed E-state index contributed by atoms with van der Waals surface area (Å²) < 4.78 is 6.31. The second kappa shape index (κ2) is 10.1. The summed E-state index contributed by atoms with van der Waals surface area (Å²) in [5.41, 5.74) is 3.46. The highest BCUT2D eigenvalue weighted by Gasteiger charge is 2.37. The lowest BCUT2D eigenvalue weighted by Crippen LogP contribution is -2.41. The molecule has 0 saturated carbocycles. The highest BCUT2D eigenvalue weighted by Crippen LogP contribution is 2.45. The van der Waals surface area contributed by atoms with Gasteiger partial charge in [-0.25, -0.2) is 9.97 Å². The number of fused-ring (bicyclic) bond motifs is 1. The molecule has 2 aromatic carbocycles. The SMILES string of the molecule is CC1(C)C[C@@H](NC(=O)c2cccnc2Cl)c2cc(-c3ccc(Cl)cc3)c(-c3ccc(Cl)cc3Cl)nc2O1. The highest BCUT2D eigenvalue weighted by atomic mass is 35.5. The van der Waals surface area contributed by atoms with Gasteiger partial charge in [0.2, 0.25) is 5.88 Å². The first-order valence-electron chi connectivity index (χ1n) is 11.5. The van der Waals surface area contributed by atoms with E-state index in [1.54, 1.807) is 24.3 Å². The van der Waals surface area contributed by atoms with Gasteiger partial charge in [-0.05, 0) is 67.9 Å². The van der Waals surface area contributed by atoms with E-state index in [1.807, 2.05) is 50.2 Å². The Labute approximate surface area is 234 Å². The molecule has 0 spiro atoms. The molecule has 1 aliphatic heterocycles. The summed E-state index contributed by atoms with van der Waals surface area (Å²) in [6.07, 6.45) is 2.06. The number of carbonyl (C=O) groups is 1. The summed E-state index contributed by atoms with van der Waals surface area (Å²) in [5, 5.41) is 4.84. The van der Waals surface area contributed by atoms with Crippen LogP contribution in [0.25, 0.3) is 22.4 Å². The Morgan fingerprint density at radius 3 is 2.41 bits per heavy atom. The molecule has 0 radical (unpaired) electrons.